The Morgan fingerprint density at radius 3 is 2.56 bits per heavy atom. The van der Waals surface area contributed by atoms with Crippen molar-refractivity contribution in [2.24, 2.45) is 11.8 Å². The molecule has 2 aliphatic carbocycles. The lowest BCUT2D eigenvalue weighted by atomic mass is 9.87. The number of rotatable bonds is 7. The minimum Gasteiger partial charge on any atom is -0.301 e. The van der Waals surface area contributed by atoms with Gasteiger partial charge in [-0.1, -0.05) is 43.9 Å². The summed E-state index contributed by atoms with van der Waals surface area (Å²) in [7, 11) is -3.49. The van der Waals surface area contributed by atoms with Gasteiger partial charge in [-0.05, 0) is 47.6 Å². The molecule has 0 spiro atoms. The van der Waals surface area contributed by atoms with E-state index >= 15 is 0 Å². The van der Waals surface area contributed by atoms with E-state index in [1.54, 1.807) is 42.9 Å². The topological polar surface area (TPSA) is 89.0 Å². The van der Waals surface area contributed by atoms with Gasteiger partial charge in [-0.2, -0.15) is 0 Å². The van der Waals surface area contributed by atoms with Gasteiger partial charge in [0.25, 0.3) is 0 Å². The molecule has 0 bridgehead atoms. The number of hydrogen-bond acceptors (Lipinski definition) is 6. The standard InChI is InChI=1S/C24H25N3O3S2/c28-22(27-23-26-12-13-31-23)24(14-21(24)18-5-1-2-6-18)19-7-9-20(10-8-19)32(29,30)16-17-4-3-11-25-15-17/h3-4,7-13,15,18,21H,1-2,5-6,14,16H2,(H,26,27,28). The van der Waals surface area contributed by atoms with Gasteiger partial charge in [-0.15, -0.1) is 11.3 Å². The zero-order valence-corrected chi connectivity index (χ0v) is 19.2. The number of carbonyl (C=O) groups is 1. The van der Waals surface area contributed by atoms with Crippen molar-refractivity contribution in [3.05, 3.63) is 71.5 Å². The third kappa shape index (κ3) is 3.97. The summed E-state index contributed by atoms with van der Waals surface area (Å²) in [5, 5.41) is 5.44. The molecule has 8 heteroatoms. The monoisotopic (exact) mass is 467 g/mol. The van der Waals surface area contributed by atoms with Crippen molar-refractivity contribution >= 4 is 32.2 Å². The average Bonchev–Trinajstić information content (AvgIpc) is 3.12. The van der Waals surface area contributed by atoms with E-state index in [4.69, 9.17) is 0 Å². The molecular formula is C24H25N3O3S2. The van der Waals surface area contributed by atoms with Crippen LogP contribution in [0.3, 0.4) is 0 Å². The second-order valence-corrected chi connectivity index (χ2v) is 11.6. The molecule has 2 atom stereocenters. The summed E-state index contributed by atoms with van der Waals surface area (Å²) in [6, 6.07) is 10.4. The SMILES string of the molecule is O=C(Nc1nccs1)C1(c2ccc(S(=O)(=O)Cc3cccnc3)cc2)CC1C1CCCC1. The van der Waals surface area contributed by atoms with Gasteiger partial charge in [0.05, 0.1) is 16.1 Å². The predicted octanol–water partition coefficient (Wildman–Crippen LogP) is 4.60. The second-order valence-electron chi connectivity index (χ2n) is 8.76. The van der Waals surface area contributed by atoms with E-state index < -0.39 is 15.3 Å². The number of amides is 1. The molecule has 6 nitrogen and oxygen atoms in total. The summed E-state index contributed by atoms with van der Waals surface area (Å²) < 4.78 is 25.8. The molecule has 1 amide bonds. The fourth-order valence-corrected chi connectivity index (χ4v) is 7.03. The minimum atomic E-state index is -3.49. The van der Waals surface area contributed by atoms with Gasteiger partial charge in [0, 0.05) is 24.0 Å². The van der Waals surface area contributed by atoms with Crippen LogP contribution in [0.25, 0.3) is 0 Å². The molecule has 0 radical (unpaired) electrons. The Morgan fingerprint density at radius 2 is 1.91 bits per heavy atom. The Hall–Kier alpha value is -2.58. The Kier molecular flexibility index (Phi) is 5.59. The van der Waals surface area contributed by atoms with Crippen LogP contribution < -0.4 is 5.32 Å². The number of aromatic nitrogens is 2. The summed E-state index contributed by atoms with van der Waals surface area (Å²) in [5.74, 6) is 0.713. The van der Waals surface area contributed by atoms with E-state index in [0.29, 0.717) is 22.5 Å². The first-order valence-corrected chi connectivity index (χ1v) is 13.5. The number of carbonyl (C=O) groups excluding carboxylic acids is 1. The van der Waals surface area contributed by atoms with Crippen LogP contribution in [-0.4, -0.2) is 24.3 Å². The summed E-state index contributed by atoms with van der Waals surface area (Å²) in [6.07, 6.45) is 10.4. The molecule has 2 aromatic heterocycles. The first kappa shape index (κ1) is 21.3. The van der Waals surface area contributed by atoms with Crippen LogP contribution >= 0.6 is 11.3 Å². The van der Waals surface area contributed by atoms with E-state index in [1.165, 1.54) is 24.2 Å². The van der Waals surface area contributed by atoms with Gasteiger partial charge in [0.15, 0.2) is 15.0 Å². The maximum atomic E-state index is 13.4. The summed E-state index contributed by atoms with van der Waals surface area (Å²) in [5.41, 5.74) is 0.940. The van der Waals surface area contributed by atoms with E-state index in [9.17, 15) is 13.2 Å². The van der Waals surface area contributed by atoms with E-state index in [-0.39, 0.29) is 16.6 Å². The molecule has 5 rings (SSSR count). The van der Waals surface area contributed by atoms with Crippen LogP contribution in [0.1, 0.15) is 43.2 Å². The third-order valence-electron chi connectivity index (χ3n) is 6.85. The molecule has 2 heterocycles. The Bertz CT molecular complexity index is 1190. The number of thiazole rings is 1. The lowest BCUT2D eigenvalue weighted by Gasteiger charge is -2.20. The van der Waals surface area contributed by atoms with Crippen LogP contribution in [0.4, 0.5) is 5.13 Å². The minimum absolute atomic E-state index is 0.0321. The molecule has 1 aromatic carbocycles. The molecular weight excluding hydrogens is 442 g/mol. The van der Waals surface area contributed by atoms with Crippen molar-refractivity contribution in [2.75, 3.05) is 5.32 Å². The fraction of sp³-hybridized carbons (Fsp3) is 0.375. The molecule has 166 valence electrons. The van der Waals surface area contributed by atoms with Gasteiger partial charge in [-0.3, -0.25) is 9.78 Å². The highest BCUT2D eigenvalue weighted by Gasteiger charge is 2.63. The highest BCUT2D eigenvalue weighted by molar-refractivity contribution is 7.90. The summed E-state index contributed by atoms with van der Waals surface area (Å²) >= 11 is 1.40. The zero-order chi connectivity index (χ0) is 22.2. The number of benzene rings is 1. The van der Waals surface area contributed by atoms with Crippen LogP contribution in [0.5, 0.6) is 0 Å². The summed E-state index contributed by atoms with van der Waals surface area (Å²) in [4.78, 5) is 21.9. The summed E-state index contributed by atoms with van der Waals surface area (Å²) in [6.45, 7) is 0. The van der Waals surface area contributed by atoms with Gasteiger partial charge in [0.2, 0.25) is 5.91 Å². The Balaban J connectivity index is 1.42. The van der Waals surface area contributed by atoms with Crippen molar-refractivity contribution in [1.29, 1.82) is 0 Å². The maximum Gasteiger partial charge on any atom is 0.237 e. The number of nitrogens with zero attached hydrogens (tertiary/aromatic N) is 2. The van der Waals surface area contributed by atoms with E-state index in [2.05, 4.69) is 15.3 Å². The van der Waals surface area contributed by atoms with Gasteiger partial charge in [0.1, 0.15) is 0 Å². The van der Waals surface area contributed by atoms with Gasteiger partial charge < -0.3 is 5.32 Å². The highest BCUT2D eigenvalue weighted by atomic mass is 32.2. The van der Waals surface area contributed by atoms with Crippen molar-refractivity contribution < 1.29 is 13.2 Å². The van der Waals surface area contributed by atoms with Crippen molar-refractivity contribution in [1.82, 2.24) is 9.97 Å². The zero-order valence-electron chi connectivity index (χ0n) is 17.6. The predicted molar refractivity (Wildman–Crippen MR) is 124 cm³/mol. The lowest BCUT2D eigenvalue weighted by molar-refractivity contribution is -0.119. The van der Waals surface area contributed by atoms with Crippen molar-refractivity contribution in [3.63, 3.8) is 0 Å². The van der Waals surface area contributed by atoms with Crippen LogP contribution in [-0.2, 0) is 25.8 Å². The first-order chi connectivity index (χ1) is 15.5. The molecule has 2 saturated carbocycles. The Morgan fingerprint density at radius 1 is 1.12 bits per heavy atom. The quantitative estimate of drug-likeness (QED) is 0.549. The third-order valence-corrected chi connectivity index (χ3v) is 9.24. The van der Waals surface area contributed by atoms with Crippen LogP contribution in [0.2, 0.25) is 0 Å². The normalized spacial score (nSPS) is 23.2. The number of nitrogens with one attached hydrogen (secondary N) is 1. The van der Waals surface area contributed by atoms with E-state index in [1.807, 2.05) is 17.5 Å². The molecule has 0 saturated heterocycles. The fourth-order valence-electron chi connectivity index (χ4n) is 5.18. The Labute approximate surface area is 192 Å². The highest BCUT2D eigenvalue weighted by Crippen LogP contribution is 2.61. The number of pyridine rings is 1. The second kappa shape index (κ2) is 8.41. The molecule has 3 aromatic rings. The lowest BCUT2D eigenvalue weighted by Crippen LogP contribution is -2.31. The molecule has 2 unspecified atom stereocenters. The molecule has 2 aliphatic rings. The maximum absolute atomic E-state index is 13.4. The van der Waals surface area contributed by atoms with Crippen LogP contribution in [0, 0.1) is 11.8 Å². The molecule has 2 fully saturated rings. The molecule has 32 heavy (non-hydrogen) atoms. The number of hydrogen-bond donors (Lipinski definition) is 1. The smallest absolute Gasteiger partial charge is 0.237 e. The number of sulfone groups is 1. The van der Waals surface area contributed by atoms with Crippen molar-refractivity contribution in [3.8, 4) is 0 Å². The molecule has 0 aliphatic heterocycles. The van der Waals surface area contributed by atoms with Gasteiger partial charge in [-0.25, -0.2) is 13.4 Å². The van der Waals surface area contributed by atoms with E-state index in [0.717, 1.165) is 24.8 Å². The van der Waals surface area contributed by atoms with Gasteiger partial charge >= 0.3 is 0 Å². The molecule has 1 N–H and O–H groups in total. The average molecular weight is 468 g/mol. The van der Waals surface area contributed by atoms with Crippen molar-refractivity contribution in [2.45, 2.75) is 48.2 Å². The number of anilines is 1. The largest absolute Gasteiger partial charge is 0.301 e. The first-order valence-electron chi connectivity index (χ1n) is 10.9. The van der Waals surface area contributed by atoms with Crippen LogP contribution in [0.15, 0.2) is 65.3 Å².